The average Bonchev–Trinajstić information content (AvgIpc) is 2.69. The fraction of sp³-hybridized carbons (Fsp3) is 0.500. The maximum absolute atomic E-state index is 5.53. The molecule has 15 heavy (non-hydrogen) atoms. The van der Waals surface area contributed by atoms with Crippen molar-refractivity contribution in [3.8, 4) is 0 Å². The molecular weight excluding hydrogens is 188 g/mol. The second kappa shape index (κ2) is 3.65. The van der Waals surface area contributed by atoms with Crippen molar-refractivity contribution in [2.45, 2.75) is 27.7 Å². The SMILES string of the molecule is Cc1nc(C)c(C)c(C2=NCCO2)c1C. The van der Waals surface area contributed by atoms with Gasteiger partial charge in [-0.15, -0.1) is 0 Å². The van der Waals surface area contributed by atoms with E-state index in [4.69, 9.17) is 4.74 Å². The fourth-order valence-electron chi connectivity index (χ4n) is 1.87. The van der Waals surface area contributed by atoms with Gasteiger partial charge in [0.25, 0.3) is 0 Å². The number of hydrogen-bond donors (Lipinski definition) is 0. The first-order valence-corrected chi connectivity index (χ1v) is 5.23. The molecule has 0 amide bonds. The summed E-state index contributed by atoms with van der Waals surface area (Å²) in [7, 11) is 0. The van der Waals surface area contributed by atoms with E-state index >= 15 is 0 Å². The van der Waals surface area contributed by atoms with Gasteiger partial charge >= 0.3 is 0 Å². The Balaban J connectivity index is 2.63. The molecule has 0 radical (unpaired) electrons. The molecule has 0 spiro atoms. The van der Waals surface area contributed by atoms with E-state index in [0.29, 0.717) is 6.61 Å². The molecular formula is C12H16N2O. The number of rotatable bonds is 1. The topological polar surface area (TPSA) is 34.5 Å². The molecule has 3 nitrogen and oxygen atoms in total. The first-order chi connectivity index (χ1) is 7.11. The molecule has 1 aliphatic rings. The Kier molecular flexibility index (Phi) is 2.47. The van der Waals surface area contributed by atoms with Gasteiger partial charge in [-0.2, -0.15) is 0 Å². The minimum atomic E-state index is 0.703. The average molecular weight is 204 g/mol. The van der Waals surface area contributed by atoms with Gasteiger partial charge in [0.15, 0.2) is 0 Å². The van der Waals surface area contributed by atoms with Gasteiger partial charge in [0.1, 0.15) is 6.61 Å². The van der Waals surface area contributed by atoms with E-state index in [1.165, 1.54) is 11.1 Å². The predicted molar refractivity (Wildman–Crippen MR) is 60.5 cm³/mol. The number of ether oxygens (including phenoxy) is 1. The lowest BCUT2D eigenvalue weighted by Crippen LogP contribution is -2.10. The smallest absolute Gasteiger partial charge is 0.216 e. The lowest BCUT2D eigenvalue weighted by atomic mass is 10.0. The summed E-state index contributed by atoms with van der Waals surface area (Å²) in [5.41, 5.74) is 5.62. The lowest BCUT2D eigenvalue weighted by molar-refractivity contribution is 0.348. The van der Waals surface area contributed by atoms with Crippen LogP contribution in [0, 0.1) is 27.7 Å². The van der Waals surface area contributed by atoms with Gasteiger partial charge in [-0.1, -0.05) is 0 Å². The number of hydrogen-bond acceptors (Lipinski definition) is 3. The van der Waals surface area contributed by atoms with Crippen LogP contribution in [-0.4, -0.2) is 24.0 Å². The molecule has 0 bridgehead atoms. The van der Waals surface area contributed by atoms with Crippen molar-refractivity contribution in [3.63, 3.8) is 0 Å². The van der Waals surface area contributed by atoms with Crippen LogP contribution in [0.15, 0.2) is 4.99 Å². The van der Waals surface area contributed by atoms with Crippen LogP contribution >= 0.6 is 0 Å². The third-order valence-corrected chi connectivity index (χ3v) is 2.97. The van der Waals surface area contributed by atoms with Crippen molar-refractivity contribution in [3.05, 3.63) is 28.1 Å². The van der Waals surface area contributed by atoms with Crippen LogP contribution in [0.2, 0.25) is 0 Å². The van der Waals surface area contributed by atoms with Crippen molar-refractivity contribution < 1.29 is 4.74 Å². The molecule has 2 rings (SSSR count). The lowest BCUT2D eigenvalue weighted by Gasteiger charge is -2.13. The van der Waals surface area contributed by atoms with Gasteiger partial charge in [0, 0.05) is 17.0 Å². The standard InChI is InChI=1S/C12H16N2O/c1-7-9(3)14-10(4)8(2)11(7)12-13-5-6-15-12/h5-6H2,1-4H3. The second-order valence-corrected chi connectivity index (χ2v) is 3.94. The van der Waals surface area contributed by atoms with Crippen LogP contribution in [-0.2, 0) is 4.74 Å². The van der Waals surface area contributed by atoms with Crippen LogP contribution in [0.4, 0.5) is 0 Å². The molecule has 0 unspecified atom stereocenters. The van der Waals surface area contributed by atoms with Crippen molar-refractivity contribution in [2.75, 3.05) is 13.2 Å². The third-order valence-electron chi connectivity index (χ3n) is 2.97. The molecule has 2 heterocycles. The molecule has 0 fully saturated rings. The van der Waals surface area contributed by atoms with Gasteiger partial charge in [0.05, 0.1) is 6.54 Å². The normalized spacial score (nSPS) is 15.1. The first-order valence-electron chi connectivity index (χ1n) is 5.23. The molecule has 0 aromatic carbocycles. The number of aliphatic imine (C=N–C) groups is 1. The summed E-state index contributed by atoms with van der Waals surface area (Å²) in [6.45, 7) is 9.69. The molecule has 1 aliphatic heterocycles. The van der Waals surface area contributed by atoms with Gasteiger partial charge in [-0.05, 0) is 38.8 Å². The summed E-state index contributed by atoms with van der Waals surface area (Å²) in [5, 5.41) is 0. The molecule has 0 saturated heterocycles. The number of aromatic nitrogens is 1. The molecule has 0 aliphatic carbocycles. The highest BCUT2D eigenvalue weighted by Gasteiger charge is 2.18. The summed E-state index contributed by atoms with van der Waals surface area (Å²) in [6, 6.07) is 0. The molecule has 0 N–H and O–H groups in total. The third kappa shape index (κ3) is 1.62. The van der Waals surface area contributed by atoms with Gasteiger partial charge in [0.2, 0.25) is 5.90 Å². The summed E-state index contributed by atoms with van der Waals surface area (Å²) in [6.07, 6.45) is 0. The minimum Gasteiger partial charge on any atom is -0.475 e. The highest BCUT2D eigenvalue weighted by atomic mass is 16.5. The van der Waals surface area contributed by atoms with Crippen molar-refractivity contribution in [1.82, 2.24) is 4.98 Å². The molecule has 0 saturated carbocycles. The molecule has 3 heteroatoms. The zero-order valence-electron chi connectivity index (χ0n) is 9.72. The van der Waals surface area contributed by atoms with Crippen LogP contribution < -0.4 is 0 Å². The number of pyridine rings is 1. The molecule has 80 valence electrons. The van der Waals surface area contributed by atoms with E-state index in [1.54, 1.807) is 0 Å². The van der Waals surface area contributed by atoms with Gasteiger partial charge in [-0.25, -0.2) is 4.99 Å². The van der Waals surface area contributed by atoms with Crippen molar-refractivity contribution in [2.24, 2.45) is 4.99 Å². The van der Waals surface area contributed by atoms with E-state index < -0.39 is 0 Å². The predicted octanol–water partition coefficient (Wildman–Crippen LogP) is 2.09. The summed E-state index contributed by atoms with van der Waals surface area (Å²) in [4.78, 5) is 8.87. The van der Waals surface area contributed by atoms with Gasteiger partial charge < -0.3 is 4.74 Å². The van der Waals surface area contributed by atoms with E-state index in [-0.39, 0.29) is 0 Å². The summed E-state index contributed by atoms with van der Waals surface area (Å²) >= 11 is 0. The Morgan fingerprint density at radius 3 is 2.07 bits per heavy atom. The monoisotopic (exact) mass is 204 g/mol. The zero-order valence-corrected chi connectivity index (χ0v) is 9.72. The maximum atomic E-state index is 5.53. The Hall–Kier alpha value is -1.38. The Morgan fingerprint density at radius 2 is 1.60 bits per heavy atom. The minimum absolute atomic E-state index is 0.703. The van der Waals surface area contributed by atoms with E-state index in [9.17, 15) is 0 Å². The van der Waals surface area contributed by atoms with Crippen molar-refractivity contribution >= 4 is 5.90 Å². The number of nitrogens with zero attached hydrogens (tertiary/aromatic N) is 2. The van der Waals surface area contributed by atoms with Crippen LogP contribution in [0.5, 0.6) is 0 Å². The van der Waals surface area contributed by atoms with Crippen LogP contribution in [0.1, 0.15) is 28.1 Å². The molecule has 0 atom stereocenters. The van der Waals surface area contributed by atoms with E-state index in [2.05, 4.69) is 23.8 Å². The number of aryl methyl sites for hydroxylation is 2. The zero-order chi connectivity index (χ0) is 11.0. The van der Waals surface area contributed by atoms with E-state index in [0.717, 1.165) is 29.4 Å². The Labute approximate surface area is 90.2 Å². The largest absolute Gasteiger partial charge is 0.475 e. The second-order valence-electron chi connectivity index (χ2n) is 3.94. The summed E-state index contributed by atoms with van der Waals surface area (Å²) < 4.78 is 5.53. The quantitative estimate of drug-likeness (QED) is 0.702. The highest BCUT2D eigenvalue weighted by Crippen LogP contribution is 2.21. The Bertz CT molecular complexity index is 409. The Morgan fingerprint density at radius 1 is 1.00 bits per heavy atom. The highest BCUT2D eigenvalue weighted by molar-refractivity contribution is 5.98. The molecule has 1 aromatic rings. The summed E-state index contributed by atoms with van der Waals surface area (Å²) in [5.74, 6) is 0.790. The fourth-order valence-corrected chi connectivity index (χ4v) is 1.87. The van der Waals surface area contributed by atoms with Gasteiger partial charge in [-0.3, -0.25) is 4.98 Å². The first kappa shape index (κ1) is 10.1. The molecule has 1 aromatic heterocycles. The van der Waals surface area contributed by atoms with Crippen molar-refractivity contribution in [1.29, 1.82) is 0 Å². The maximum Gasteiger partial charge on any atom is 0.216 e. The van der Waals surface area contributed by atoms with Crippen LogP contribution in [0.3, 0.4) is 0 Å². The van der Waals surface area contributed by atoms with Crippen LogP contribution in [0.25, 0.3) is 0 Å². The van der Waals surface area contributed by atoms with E-state index in [1.807, 2.05) is 13.8 Å².